The molecule has 2 rings (SSSR count). The van der Waals surface area contributed by atoms with Crippen LogP contribution in [0.2, 0.25) is 0 Å². The summed E-state index contributed by atoms with van der Waals surface area (Å²) in [6.07, 6.45) is 3.90. The smallest absolute Gasteiger partial charge is 0.329 e. The lowest BCUT2D eigenvalue weighted by Crippen LogP contribution is -2.65. The van der Waals surface area contributed by atoms with Crippen LogP contribution in [-0.2, 0) is 9.53 Å². The van der Waals surface area contributed by atoms with Gasteiger partial charge in [-0.15, -0.1) is 0 Å². The zero-order chi connectivity index (χ0) is 13.3. The van der Waals surface area contributed by atoms with Crippen molar-refractivity contribution in [3.63, 3.8) is 0 Å². The first-order valence-electron chi connectivity index (χ1n) is 6.98. The molecule has 2 aliphatic rings. The van der Waals surface area contributed by atoms with Gasteiger partial charge in [0.15, 0.2) is 0 Å². The lowest BCUT2D eigenvalue weighted by molar-refractivity contribution is -0.172. The lowest BCUT2D eigenvalue weighted by Gasteiger charge is -2.53. The van der Waals surface area contributed by atoms with Crippen molar-refractivity contribution in [2.75, 3.05) is 19.7 Å². The van der Waals surface area contributed by atoms with Gasteiger partial charge >= 0.3 is 5.97 Å². The van der Waals surface area contributed by atoms with Gasteiger partial charge in [-0.3, -0.25) is 4.90 Å². The first kappa shape index (κ1) is 13.8. The second-order valence-electron chi connectivity index (χ2n) is 6.61. The Labute approximate surface area is 109 Å². The van der Waals surface area contributed by atoms with Crippen LogP contribution < -0.4 is 0 Å². The van der Waals surface area contributed by atoms with Crippen LogP contribution in [0.5, 0.6) is 0 Å². The van der Waals surface area contributed by atoms with Crippen LogP contribution in [0.4, 0.5) is 0 Å². The summed E-state index contributed by atoms with van der Waals surface area (Å²) < 4.78 is 5.46. The average molecular weight is 255 g/mol. The van der Waals surface area contributed by atoms with E-state index in [1.165, 1.54) is 19.3 Å². The summed E-state index contributed by atoms with van der Waals surface area (Å²) in [6.45, 7) is 8.27. The highest BCUT2D eigenvalue weighted by molar-refractivity contribution is 5.68. The molecule has 104 valence electrons. The van der Waals surface area contributed by atoms with Crippen molar-refractivity contribution in [1.82, 2.24) is 4.90 Å². The molecule has 0 aromatic carbocycles. The maximum atomic E-state index is 10.5. The molecule has 4 nitrogen and oxygen atoms in total. The maximum Gasteiger partial charge on any atom is 0.329 e. The maximum absolute atomic E-state index is 10.5. The van der Waals surface area contributed by atoms with Crippen LogP contribution in [0, 0.1) is 11.8 Å². The Kier molecular flexibility index (Phi) is 3.97. The van der Waals surface area contributed by atoms with Crippen molar-refractivity contribution >= 4 is 5.97 Å². The van der Waals surface area contributed by atoms with Crippen LogP contribution in [0.15, 0.2) is 0 Å². The standard InChI is InChI=1S/C14H25NO3/c1-10-4-11(2)6-12(5-10)15-8-14(3,9-15)18-7-13(16)17/h10-12H,4-9H2,1-3H3,(H,16,17). The van der Waals surface area contributed by atoms with E-state index in [0.29, 0.717) is 6.04 Å². The fraction of sp³-hybridized carbons (Fsp3) is 0.929. The Morgan fingerprint density at radius 1 is 1.28 bits per heavy atom. The van der Waals surface area contributed by atoms with Crippen molar-refractivity contribution < 1.29 is 14.6 Å². The van der Waals surface area contributed by atoms with Crippen molar-refractivity contribution in [1.29, 1.82) is 0 Å². The molecule has 1 saturated carbocycles. The normalized spacial score (nSPS) is 36.1. The Hall–Kier alpha value is -0.610. The van der Waals surface area contributed by atoms with Crippen LogP contribution in [-0.4, -0.2) is 47.3 Å². The summed E-state index contributed by atoms with van der Waals surface area (Å²) in [7, 11) is 0. The molecule has 2 atom stereocenters. The SMILES string of the molecule is CC1CC(C)CC(N2CC(C)(OCC(=O)O)C2)C1. The van der Waals surface area contributed by atoms with Crippen LogP contribution in [0.3, 0.4) is 0 Å². The lowest BCUT2D eigenvalue weighted by atomic mass is 9.78. The van der Waals surface area contributed by atoms with E-state index in [-0.39, 0.29) is 12.2 Å². The van der Waals surface area contributed by atoms with Crippen molar-refractivity contribution in [2.45, 2.75) is 51.7 Å². The molecule has 1 aliphatic carbocycles. The zero-order valence-electron chi connectivity index (χ0n) is 11.7. The first-order valence-corrected chi connectivity index (χ1v) is 6.98. The van der Waals surface area contributed by atoms with Gasteiger partial charge in [0.1, 0.15) is 6.61 Å². The van der Waals surface area contributed by atoms with Gasteiger partial charge in [0.2, 0.25) is 0 Å². The van der Waals surface area contributed by atoms with E-state index in [4.69, 9.17) is 9.84 Å². The Balaban J connectivity index is 1.79. The van der Waals surface area contributed by atoms with Crippen LogP contribution >= 0.6 is 0 Å². The number of nitrogens with zero attached hydrogens (tertiary/aromatic N) is 1. The third-order valence-electron chi connectivity index (χ3n) is 4.29. The number of likely N-dealkylation sites (tertiary alicyclic amines) is 1. The molecule has 0 spiro atoms. The fourth-order valence-corrected chi connectivity index (χ4v) is 3.60. The van der Waals surface area contributed by atoms with E-state index in [1.807, 2.05) is 6.92 Å². The monoisotopic (exact) mass is 255 g/mol. The minimum Gasteiger partial charge on any atom is -0.480 e. The second kappa shape index (κ2) is 5.17. The number of rotatable bonds is 4. The second-order valence-corrected chi connectivity index (χ2v) is 6.61. The molecule has 0 amide bonds. The van der Waals surface area contributed by atoms with E-state index < -0.39 is 5.97 Å². The number of carboxylic acids is 1. The molecule has 0 aromatic heterocycles. The highest BCUT2D eigenvalue weighted by atomic mass is 16.5. The number of carbonyl (C=O) groups is 1. The van der Waals surface area contributed by atoms with E-state index in [0.717, 1.165) is 24.9 Å². The number of aliphatic carboxylic acids is 1. The third kappa shape index (κ3) is 3.23. The molecule has 1 heterocycles. The Morgan fingerprint density at radius 2 is 1.83 bits per heavy atom. The summed E-state index contributed by atoms with van der Waals surface area (Å²) in [5.74, 6) is 0.741. The molecule has 0 bridgehead atoms. The van der Waals surface area contributed by atoms with Gasteiger partial charge < -0.3 is 9.84 Å². The van der Waals surface area contributed by atoms with Gasteiger partial charge in [0.25, 0.3) is 0 Å². The van der Waals surface area contributed by atoms with E-state index >= 15 is 0 Å². The number of ether oxygens (including phenoxy) is 1. The van der Waals surface area contributed by atoms with E-state index in [2.05, 4.69) is 18.7 Å². The van der Waals surface area contributed by atoms with Gasteiger partial charge in [0, 0.05) is 19.1 Å². The van der Waals surface area contributed by atoms with Crippen molar-refractivity contribution in [3.8, 4) is 0 Å². The van der Waals surface area contributed by atoms with Gasteiger partial charge in [-0.05, 0) is 38.0 Å². The highest BCUT2D eigenvalue weighted by Crippen LogP contribution is 2.36. The molecular weight excluding hydrogens is 230 g/mol. The Bertz CT molecular complexity index is 302. The summed E-state index contributed by atoms with van der Waals surface area (Å²) >= 11 is 0. The molecule has 2 fully saturated rings. The van der Waals surface area contributed by atoms with Crippen LogP contribution in [0.1, 0.15) is 40.0 Å². The summed E-state index contributed by atoms with van der Waals surface area (Å²) in [4.78, 5) is 13.0. The summed E-state index contributed by atoms with van der Waals surface area (Å²) in [6, 6.07) is 0.672. The summed E-state index contributed by atoms with van der Waals surface area (Å²) in [5.41, 5.74) is -0.248. The Morgan fingerprint density at radius 3 is 2.33 bits per heavy atom. The number of hydrogen-bond donors (Lipinski definition) is 1. The van der Waals surface area contributed by atoms with E-state index in [9.17, 15) is 4.79 Å². The molecular formula is C14H25NO3. The van der Waals surface area contributed by atoms with Crippen LogP contribution in [0.25, 0.3) is 0 Å². The average Bonchev–Trinajstić information content (AvgIpc) is 2.21. The van der Waals surface area contributed by atoms with Gasteiger partial charge in [-0.2, -0.15) is 0 Å². The third-order valence-corrected chi connectivity index (χ3v) is 4.29. The molecule has 4 heteroatoms. The van der Waals surface area contributed by atoms with Crippen molar-refractivity contribution in [2.24, 2.45) is 11.8 Å². The topological polar surface area (TPSA) is 49.8 Å². The summed E-state index contributed by atoms with van der Waals surface area (Å²) in [5, 5.41) is 8.64. The number of carboxylic acid groups (broad SMARTS) is 1. The molecule has 0 radical (unpaired) electrons. The molecule has 18 heavy (non-hydrogen) atoms. The largest absolute Gasteiger partial charge is 0.480 e. The molecule has 2 unspecified atom stereocenters. The molecule has 1 saturated heterocycles. The van der Waals surface area contributed by atoms with Gasteiger partial charge in [0.05, 0.1) is 5.60 Å². The molecule has 1 aliphatic heterocycles. The zero-order valence-corrected chi connectivity index (χ0v) is 11.7. The van der Waals surface area contributed by atoms with Gasteiger partial charge in [-0.1, -0.05) is 13.8 Å². The van der Waals surface area contributed by atoms with E-state index in [1.54, 1.807) is 0 Å². The first-order chi connectivity index (χ1) is 8.38. The highest BCUT2D eigenvalue weighted by Gasteiger charge is 2.44. The molecule has 1 N–H and O–H groups in total. The minimum absolute atomic E-state index is 0.179. The quantitative estimate of drug-likeness (QED) is 0.834. The minimum atomic E-state index is -0.880. The predicted octanol–water partition coefficient (Wildman–Crippen LogP) is 1.99. The molecule has 0 aromatic rings. The fourth-order valence-electron chi connectivity index (χ4n) is 3.60. The van der Waals surface area contributed by atoms with Gasteiger partial charge in [-0.25, -0.2) is 4.79 Å². The number of hydrogen-bond acceptors (Lipinski definition) is 3. The predicted molar refractivity (Wildman–Crippen MR) is 69.5 cm³/mol. The van der Waals surface area contributed by atoms with Crippen molar-refractivity contribution in [3.05, 3.63) is 0 Å².